The highest BCUT2D eigenvalue weighted by Gasteiger charge is 2.31. The quantitative estimate of drug-likeness (QED) is 0.536. The van der Waals surface area contributed by atoms with Gasteiger partial charge in [-0.2, -0.15) is 13.2 Å². The molecule has 3 aromatic rings. The summed E-state index contributed by atoms with van der Waals surface area (Å²) < 4.78 is 39.3. The fourth-order valence-corrected chi connectivity index (χ4v) is 4.23. The smallest absolute Gasteiger partial charge is 0.399 e. The molecule has 1 aromatic carbocycles. The molecule has 4 rings (SSSR count). The summed E-state index contributed by atoms with van der Waals surface area (Å²) in [5.74, 6) is 0.678. The van der Waals surface area contributed by atoms with Gasteiger partial charge in [-0.25, -0.2) is 4.98 Å². The van der Waals surface area contributed by atoms with E-state index < -0.39 is 11.7 Å². The molecule has 0 radical (unpaired) electrons. The van der Waals surface area contributed by atoms with Gasteiger partial charge in [0.25, 0.3) is 0 Å². The minimum Gasteiger partial charge on any atom is -0.399 e. The number of nitrogens with one attached hydrogen (secondary N) is 1. The molecule has 0 aliphatic carbocycles. The number of alkyl halides is 3. The largest absolute Gasteiger partial charge is 0.416 e. The van der Waals surface area contributed by atoms with Crippen LogP contribution in [0.15, 0.2) is 36.7 Å². The normalized spacial score (nSPS) is 15.2. The third-order valence-corrected chi connectivity index (χ3v) is 6.12. The maximum Gasteiger partial charge on any atom is 0.416 e. The molecule has 1 aliphatic heterocycles. The van der Waals surface area contributed by atoms with E-state index in [1.54, 1.807) is 12.3 Å². The Kier molecular flexibility index (Phi) is 6.60. The van der Waals surface area contributed by atoms with Gasteiger partial charge in [0.2, 0.25) is 0 Å². The molecule has 176 valence electrons. The molecule has 1 fully saturated rings. The zero-order valence-corrected chi connectivity index (χ0v) is 18.9. The van der Waals surface area contributed by atoms with E-state index in [9.17, 15) is 13.2 Å². The summed E-state index contributed by atoms with van der Waals surface area (Å²) in [5, 5.41) is 4.20. The third-order valence-electron chi connectivity index (χ3n) is 6.12. The molecule has 1 aliphatic rings. The highest BCUT2D eigenvalue weighted by atomic mass is 19.4. The van der Waals surface area contributed by atoms with E-state index >= 15 is 0 Å². The number of piperazine rings is 1. The van der Waals surface area contributed by atoms with Crippen LogP contribution in [0, 0.1) is 6.92 Å². The van der Waals surface area contributed by atoms with Gasteiger partial charge in [0.05, 0.1) is 23.0 Å². The monoisotopic (exact) mass is 458 g/mol. The lowest BCUT2D eigenvalue weighted by Gasteiger charge is -2.35. The Labute approximate surface area is 191 Å². The van der Waals surface area contributed by atoms with Crippen molar-refractivity contribution in [1.82, 2.24) is 14.9 Å². The molecule has 0 unspecified atom stereocenters. The van der Waals surface area contributed by atoms with E-state index in [1.807, 2.05) is 13.1 Å². The van der Waals surface area contributed by atoms with Crippen molar-refractivity contribution in [2.24, 2.45) is 0 Å². The Morgan fingerprint density at radius 1 is 1.03 bits per heavy atom. The highest BCUT2D eigenvalue weighted by molar-refractivity contribution is 5.93. The van der Waals surface area contributed by atoms with Gasteiger partial charge < -0.3 is 20.9 Å². The molecule has 3 N–H and O–H groups in total. The van der Waals surface area contributed by atoms with Gasteiger partial charge in [0.1, 0.15) is 5.82 Å². The minimum atomic E-state index is -4.42. The Morgan fingerprint density at radius 3 is 2.48 bits per heavy atom. The van der Waals surface area contributed by atoms with Crippen molar-refractivity contribution in [3.05, 3.63) is 53.3 Å². The van der Waals surface area contributed by atoms with Gasteiger partial charge >= 0.3 is 6.18 Å². The van der Waals surface area contributed by atoms with Crippen LogP contribution in [-0.2, 0) is 12.6 Å². The summed E-state index contributed by atoms with van der Waals surface area (Å²) in [6, 6.07) is 5.79. The van der Waals surface area contributed by atoms with Crippen molar-refractivity contribution in [3.8, 4) is 0 Å². The fraction of sp³-hybridized carbons (Fsp3) is 0.417. The SMILES string of the molecule is CCN1CCN(c2cnc3c(C)cnc(NCCc4cc(N)cc(C(F)(F)F)c4)c3c2)CC1. The van der Waals surface area contributed by atoms with Crippen LogP contribution in [0.4, 0.5) is 30.4 Å². The summed E-state index contributed by atoms with van der Waals surface area (Å²) in [5.41, 5.74) is 8.49. The number of pyridine rings is 2. The molecule has 33 heavy (non-hydrogen) atoms. The molecule has 0 amide bonds. The number of aryl methyl sites for hydroxylation is 1. The summed E-state index contributed by atoms with van der Waals surface area (Å²) in [4.78, 5) is 14.0. The zero-order valence-electron chi connectivity index (χ0n) is 18.9. The van der Waals surface area contributed by atoms with Crippen molar-refractivity contribution in [3.63, 3.8) is 0 Å². The molecular weight excluding hydrogens is 429 g/mol. The molecule has 0 spiro atoms. The maximum absolute atomic E-state index is 13.1. The molecule has 0 saturated carbocycles. The minimum absolute atomic E-state index is 0.107. The number of nitrogens with two attached hydrogens (primary N) is 1. The van der Waals surface area contributed by atoms with Gasteiger partial charge in [-0.15, -0.1) is 0 Å². The average molecular weight is 459 g/mol. The zero-order chi connectivity index (χ0) is 23.6. The molecule has 9 heteroatoms. The standard InChI is InChI=1S/C24H29F3N6/c1-3-32-6-8-33(9-7-32)20-13-21-22(30-15-20)16(2)14-31-23(21)29-5-4-17-10-18(24(25,26)27)12-19(28)11-17/h10-15H,3-9,28H2,1-2H3,(H,29,31). The first-order valence-electron chi connectivity index (χ1n) is 11.2. The first-order chi connectivity index (χ1) is 15.7. The summed E-state index contributed by atoms with van der Waals surface area (Å²) in [7, 11) is 0. The Hall–Kier alpha value is -3.07. The molecule has 0 bridgehead atoms. The summed E-state index contributed by atoms with van der Waals surface area (Å²) >= 11 is 0. The number of nitrogens with zero attached hydrogens (tertiary/aromatic N) is 4. The number of nitrogen functional groups attached to an aromatic ring is 1. The molecular formula is C24H29F3N6. The number of anilines is 3. The second-order valence-corrected chi connectivity index (χ2v) is 8.44. The van der Waals surface area contributed by atoms with E-state index in [0.717, 1.165) is 67.0 Å². The average Bonchev–Trinajstić information content (AvgIpc) is 2.79. The molecule has 3 heterocycles. The van der Waals surface area contributed by atoms with Crippen LogP contribution >= 0.6 is 0 Å². The van der Waals surface area contributed by atoms with Crippen LogP contribution in [-0.4, -0.2) is 54.1 Å². The summed E-state index contributed by atoms with van der Waals surface area (Å²) in [6.45, 7) is 9.55. The van der Waals surface area contributed by atoms with E-state index in [4.69, 9.17) is 10.7 Å². The van der Waals surface area contributed by atoms with Crippen LogP contribution < -0.4 is 16.0 Å². The van der Waals surface area contributed by atoms with E-state index in [-0.39, 0.29) is 5.69 Å². The summed E-state index contributed by atoms with van der Waals surface area (Å²) in [6.07, 6.45) is -0.361. The van der Waals surface area contributed by atoms with Gasteiger partial charge in [-0.1, -0.05) is 6.92 Å². The Bertz CT molecular complexity index is 1120. The van der Waals surface area contributed by atoms with Gasteiger partial charge in [-0.05, 0) is 55.3 Å². The van der Waals surface area contributed by atoms with Crippen molar-refractivity contribution in [2.45, 2.75) is 26.4 Å². The van der Waals surface area contributed by atoms with E-state index in [2.05, 4.69) is 33.1 Å². The maximum atomic E-state index is 13.1. The van der Waals surface area contributed by atoms with E-state index in [0.29, 0.717) is 24.3 Å². The first-order valence-corrected chi connectivity index (χ1v) is 11.2. The van der Waals surface area contributed by atoms with Gasteiger partial charge in [-0.3, -0.25) is 4.98 Å². The van der Waals surface area contributed by atoms with Crippen LogP contribution in [0.2, 0.25) is 0 Å². The highest BCUT2D eigenvalue weighted by Crippen LogP contribution is 2.32. The molecule has 0 atom stereocenters. The lowest BCUT2D eigenvalue weighted by atomic mass is 10.1. The van der Waals surface area contributed by atoms with Crippen LogP contribution in [0.3, 0.4) is 0 Å². The Morgan fingerprint density at radius 2 is 1.79 bits per heavy atom. The van der Waals surface area contributed by atoms with Crippen LogP contribution in [0.25, 0.3) is 10.9 Å². The van der Waals surface area contributed by atoms with E-state index in [1.165, 1.54) is 0 Å². The second-order valence-electron chi connectivity index (χ2n) is 8.44. The first kappa shape index (κ1) is 23.1. The molecule has 2 aromatic heterocycles. The number of rotatable bonds is 6. The third kappa shape index (κ3) is 5.30. The van der Waals surface area contributed by atoms with Crippen molar-refractivity contribution < 1.29 is 13.2 Å². The second kappa shape index (κ2) is 9.43. The van der Waals surface area contributed by atoms with Crippen LogP contribution in [0.5, 0.6) is 0 Å². The number of likely N-dealkylation sites (N-methyl/N-ethyl adjacent to an activating group) is 1. The lowest BCUT2D eigenvalue weighted by Crippen LogP contribution is -2.46. The fourth-order valence-electron chi connectivity index (χ4n) is 4.23. The molecule has 6 nitrogen and oxygen atoms in total. The lowest BCUT2D eigenvalue weighted by molar-refractivity contribution is -0.137. The van der Waals surface area contributed by atoms with Gasteiger partial charge in [0, 0.05) is 50.0 Å². The number of fused-ring (bicyclic) bond motifs is 1. The molecule has 1 saturated heterocycles. The predicted octanol–water partition coefficient (Wildman–Crippen LogP) is 4.34. The predicted molar refractivity (Wildman–Crippen MR) is 127 cm³/mol. The number of aromatic nitrogens is 2. The van der Waals surface area contributed by atoms with Crippen molar-refractivity contribution >= 4 is 28.1 Å². The number of hydrogen-bond acceptors (Lipinski definition) is 6. The van der Waals surface area contributed by atoms with Crippen molar-refractivity contribution in [1.29, 1.82) is 0 Å². The van der Waals surface area contributed by atoms with Crippen molar-refractivity contribution in [2.75, 3.05) is 55.2 Å². The number of benzene rings is 1. The topological polar surface area (TPSA) is 70.3 Å². The van der Waals surface area contributed by atoms with Gasteiger partial charge in [0.15, 0.2) is 0 Å². The Balaban J connectivity index is 1.52. The number of hydrogen-bond donors (Lipinski definition) is 2. The van der Waals surface area contributed by atoms with Crippen LogP contribution in [0.1, 0.15) is 23.6 Å². The number of halogens is 3.